The minimum Gasteiger partial charge on any atom is -0.480 e. The molecule has 0 amide bonds. The zero-order valence-electron chi connectivity index (χ0n) is 7.01. The topological polar surface area (TPSA) is 135 Å². The van der Waals surface area contributed by atoms with Crippen LogP contribution in [0.2, 0.25) is 0 Å². The van der Waals surface area contributed by atoms with E-state index in [1.807, 2.05) is 0 Å². The van der Waals surface area contributed by atoms with E-state index in [-0.39, 0.29) is 17.9 Å². The summed E-state index contributed by atoms with van der Waals surface area (Å²) in [6.45, 7) is 0. The lowest BCUT2D eigenvalue weighted by atomic mass is 10.2. The van der Waals surface area contributed by atoms with Gasteiger partial charge in [0.2, 0.25) is 0 Å². The summed E-state index contributed by atoms with van der Waals surface area (Å²) in [5.74, 6) is -1.45. The first-order valence-electron chi connectivity index (χ1n) is 3.67. The van der Waals surface area contributed by atoms with Gasteiger partial charge in [-0.25, -0.2) is 0 Å². The summed E-state index contributed by atoms with van der Waals surface area (Å²) in [6.07, 6.45) is -0.0420. The maximum absolute atomic E-state index is 10.3. The van der Waals surface area contributed by atoms with Gasteiger partial charge in [-0.15, -0.1) is 5.10 Å². The second-order valence-corrected chi connectivity index (χ2v) is 2.65. The molecule has 0 saturated carbocycles. The van der Waals surface area contributed by atoms with Gasteiger partial charge in [0.05, 0.1) is 11.8 Å². The van der Waals surface area contributed by atoms with E-state index in [2.05, 4.69) is 10.2 Å². The molecular formula is C6H8N4O4. The van der Waals surface area contributed by atoms with Crippen LogP contribution in [0.25, 0.3) is 0 Å². The van der Waals surface area contributed by atoms with Crippen molar-refractivity contribution in [3.8, 4) is 0 Å². The van der Waals surface area contributed by atoms with Crippen molar-refractivity contribution in [1.29, 1.82) is 0 Å². The Kier molecular flexibility index (Phi) is 2.77. The summed E-state index contributed by atoms with van der Waals surface area (Å²) in [5.41, 5.74) is 5.47. The Labute approximate surface area is 77.9 Å². The van der Waals surface area contributed by atoms with Crippen molar-refractivity contribution >= 4 is 11.8 Å². The van der Waals surface area contributed by atoms with Crippen molar-refractivity contribution in [1.82, 2.24) is 10.2 Å². The van der Waals surface area contributed by atoms with Crippen molar-refractivity contribution in [3.63, 3.8) is 0 Å². The number of nitro groups is 1. The van der Waals surface area contributed by atoms with Crippen LogP contribution in [0.5, 0.6) is 0 Å². The van der Waals surface area contributed by atoms with Crippen LogP contribution in [0.1, 0.15) is 5.69 Å². The minimum atomic E-state index is -1.17. The molecule has 4 N–H and O–H groups in total. The molecule has 76 valence electrons. The molecule has 0 aromatic carbocycles. The van der Waals surface area contributed by atoms with Crippen LogP contribution in [0.4, 0.5) is 5.82 Å². The molecule has 1 rings (SSSR count). The third-order valence-electron chi connectivity index (χ3n) is 1.56. The molecule has 14 heavy (non-hydrogen) atoms. The van der Waals surface area contributed by atoms with E-state index < -0.39 is 16.9 Å². The minimum absolute atomic E-state index is 0.0420. The maximum atomic E-state index is 10.3. The Bertz CT molecular complexity index is 360. The Morgan fingerprint density at radius 2 is 2.50 bits per heavy atom. The van der Waals surface area contributed by atoms with Gasteiger partial charge in [0, 0.05) is 6.42 Å². The van der Waals surface area contributed by atoms with E-state index in [0.717, 1.165) is 6.07 Å². The average Bonchev–Trinajstić information content (AvgIpc) is 2.52. The van der Waals surface area contributed by atoms with Gasteiger partial charge in [-0.05, 0) is 4.92 Å². The predicted molar refractivity (Wildman–Crippen MR) is 44.6 cm³/mol. The number of aromatic amines is 1. The zero-order chi connectivity index (χ0) is 10.7. The molecule has 0 aliphatic heterocycles. The number of nitrogens with one attached hydrogen (secondary N) is 1. The van der Waals surface area contributed by atoms with Gasteiger partial charge in [-0.2, -0.15) is 0 Å². The number of aromatic nitrogens is 2. The van der Waals surface area contributed by atoms with Gasteiger partial charge < -0.3 is 21.0 Å². The first-order chi connectivity index (χ1) is 6.50. The number of aliphatic carboxylic acids is 1. The molecule has 0 spiro atoms. The fraction of sp³-hybridized carbons (Fsp3) is 0.333. The second-order valence-electron chi connectivity index (χ2n) is 2.65. The van der Waals surface area contributed by atoms with E-state index in [1.165, 1.54) is 0 Å². The number of carbonyl (C=O) groups is 1. The predicted octanol–water partition coefficient (Wildman–Crippen LogP) is -0.728. The highest BCUT2D eigenvalue weighted by Gasteiger charge is 2.17. The van der Waals surface area contributed by atoms with Crippen molar-refractivity contribution in [2.24, 2.45) is 5.73 Å². The fourth-order valence-electron chi connectivity index (χ4n) is 0.862. The third kappa shape index (κ3) is 2.26. The Hall–Kier alpha value is -1.96. The van der Waals surface area contributed by atoms with Crippen molar-refractivity contribution < 1.29 is 14.8 Å². The largest absolute Gasteiger partial charge is 0.480 e. The van der Waals surface area contributed by atoms with Crippen molar-refractivity contribution in [2.45, 2.75) is 12.5 Å². The number of rotatable bonds is 4. The molecule has 0 aliphatic rings. The summed E-state index contributed by atoms with van der Waals surface area (Å²) in [5, 5.41) is 24.4. The smallest absolute Gasteiger partial charge is 0.342 e. The van der Waals surface area contributed by atoms with Crippen molar-refractivity contribution in [2.75, 3.05) is 0 Å². The van der Waals surface area contributed by atoms with Crippen LogP contribution in [0, 0.1) is 10.1 Å². The fourth-order valence-corrected chi connectivity index (χ4v) is 0.862. The quantitative estimate of drug-likeness (QED) is 0.433. The summed E-state index contributed by atoms with van der Waals surface area (Å²) in [7, 11) is 0. The van der Waals surface area contributed by atoms with Crippen LogP contribution < -0.4 is 5.73 Å². The van der Waals surface area contributed by atoms with Crippen LogP contribution in [0.15, 0.2) is 6.07 Å². The summed E-state index contributed by atoms with van der Waals surface area (Å²) in [4.78, 5) is 19.9. The first-order valence-corrected chi connectivity index (χ1v) is 3.67. The standard InChI is InChI=1S/C6H8N4O4/c7-4(6(11)12)1-3-2-5(9-8-3)10(13)14/h2,4H,1,7H2,(H,8,9)(H,11,12). The van der Waals surface area contributed by atoms with Gasteiger partial charge in [-0.3, -0.25) is 4.79 Å². The van der Waals surface area contributed by atoms with E-state index in [9.17, 15) is 14.9 Å². The molecule has 1 aromatic heterocycles. The molecule has 8 heteroatoms. The third-order valence-corrected chi connectivity index (χ3v) is 1.56. The van der Waals surface area contributed by atoms with Gasteiger partial charge in [0.25, 0.3) is 0 Å². The monoisotopic (exact) mass is 200 g/mol. The summed E-state index contributed by atoms with van der Waals surface area (Å²) < 4.78 is 0. The van der Waals surface area contributed by atoms with E-state index >= 15 is 0 Å². The molecule has 0 aliphatic carbocycles. The lowest BCUT2D eigenvalue weighted by Gasteiger charge is -2.00. The maximum Gasteiger partial charge on any atom is 0.342 e. The van der Waals surface area contributed by atoms with Crippen LogP contribution >= 0.6 is 0 Å². The lowest BCUT2D eigenvalue weighted by molar-refractivity contribution is -0.389. The SMILES string of the molecule is NC(Cc1cc([N+](=O)[O-])[nH]n1)C(=O)O. The number of carboxylic acid groups (broad SMARTS) is 1. The molecule has 0 fully saturated rings. The van der Waals surface area contributed by atoms with Gasteiger partial charge in [0.15, 0.2) is 0 Å². The normalized spacial score (nSPS) is 12.4. The highest BCUT2D eigenvalue weighted by atomic mass is 16.6. The van der Waals surface area contributed by atoms with Crippen LogP contribution in [-0.2, 0) is 11.2 Å². The van der Waals surface area contributed by atoms with Gasteiger partial charge >= 0.3 is 11.8 Å². The number of hydrogen-bond donors (Lipinski definition) is 3. The Morgan fingerprint density at radius 1 is 1.86 bits per heavy atom. The molecule has 1 unspecified atom stereocenters. The molecule has 1 heterocycles. The van der Waals surface area contributed by atoms with Crippen molar-refractivity contribution in [3.05, 3.63) is 21.9 Å². The number of hydrogen-bond acceptors (Lipinski definition) is 5. The highest BCUT2D eigenvalue weighted by molar-refractivity contribution is 5.73. The van der Waals surface area contributed by atoms with E-state index in [1.54, 1.807) is 0 Å². The van der Waals surface area contributed by atoms with Gasteiger partial charge in [0.1, 0.15) is 6.04 Å². The Morgan fingerprint density at radius 3 is 2.93 bits per heavy atom. The second kappa shape index (κ2) is 3.83. The first kappa shape index (κ1) is 10.1. The van der Waals surface area contributed by atoms with E-state index in [4.69, 9.17) is 10.8 Å². The lowest BCUT2D eigenvalue weighted by Crippen LogP contribution is -2.32. The Balaban J connectivity index is 2.69. The number of carboxylic acids is 1. The number of nitrogens with two attached hydrogens (primary N) is 1. The highest BCUT2D eigenvalue weighted by Crippen LogP contribution is 2.09. The van der Waals surface area contributed by atoms with Crippen LogP contribution in [0.3, 0.4) is 0 Å². The van der Waals surface area contributed by atoms with Gasteiger partial charge in [-0.1, -0.05) is 5.10 Å². The molecule has 0 bridgehead atoms. The molecule has 0 radical (unpaired) electrons. The number of H-pyrrole nitrogens is 1. The zero-order valence-corrected chi connectivity index (χ0v) is 7.01. The summed E-state index contributed by atoms with van der Waals surface area (Å²) >= 11 is 0. The molecule has 1 aromatic rings. The van der Waals surface area contributed by atoms with Crippen LogP contribution in [-0.4, -0.2) is 32.2 Å². The molecule has 8 nitrogen and oxygen atoms in total. The molecular weight excluding hydrogens is 192 g/mol. The molecule has 0 saturated heterocycles. The average molecular weight is 200 g/mol. The molecule has 1 atom stereocenters. The number of nitrogens with zero attached hydrogens (tertiary/aromatic N) is 2. The summed E-state index contributed by atoms with van der Waals surface area (Å²) in [6, 6.07) is 0.0564. The van der Waals surface area contributed by atoms with E-state index in [0.29, 0.717) is 0 Å².